The van der Waals surface area contributed by atoms with Gasteiger partial charge in [0.05, 0.1) is 10.6 Å². The summed E-state index contributed by atoms with van der Waals surface area (Å²) in [7, 11) is -3.83. The van der Waals surface area contributed by atoms with Gasteiger partial charge in [-0.05, 0) is 30.2 Å². The van der Waals surface area contributed by atoms with E-state index in [0.717, 1.165) is 0 Å². The lowest BCUT2D eigenvalue weighted by atomic mass is 10.1. The number of nitrogens with one attached hydrogen (secondary N) is 2. The third kappa shape index (κ3) is 3.83. The molecule has 2 aromatic rings. The van der Waals surface area contributed by atoms with Crippen LogP contribution >= 0.6 is 11.6 Å². The van der Waals surface area contributed by atoms with Gasteiger partial charge in [-0.3, -0.25) is 9.78 Å². The number of H-pyrrole nitrogens is 1. The Hall–Kier alpha value is -1.86. The second kappa shape index (κ2) is 5.87. The zero-order chi connectivity index (χ0) is 15.6. The summed E-state index contributed by atoms with van der Waals surface area (Å²) < 4.78 is 26.6. The van der Waals surface area contributed by atoms with E-state index in [2.05, 4.69) is 14.7 Å². The minimum atomic E-state index is -3.83. The molecule has 0 unspecified atom stereocenters. The number of nitrogens with zero attached hydrogens (tertiary/aromatic N) is 1. The number of rotatable bonds is 4. The van der Waals surface area contributed by atoms with Crippen LogP contribution in [-0.2, 0) is 10.0 Å². The smallest absolute Gasteiger partial charge is 0.264 e. The number of benzene rings is 1. The van der Waals surface area contributed by atoms with E-state index < -0.39 is 15.6 Å². The number of hydrogen-bond acceptors (Lipinski definition) is 4. The van der Waals surface area contributed by atoms with Crippen molar-refractivity contribution in [2.45, 2.75) is 24.7 Å². The molecule has 2 N–H and O–H groups in total. The topological polar surface area (TPSA) is 91.9 Å². The van der Waals surface area contributed by atoms with Crippen molar-refractivity contribution < 1.29 is 8.42 Å². The number of sulfonamides is 1. The molecule has 0 radical (unpaired) electrons. The van der Waals surface area contributed by atoms with Gasteiger partial charge in [0.15, 0.2) is 0 Å². The summed E-state index contributed by atoms with van der Waals surface area (Å²) in [5, 5.41) is 0.433. The molecule has 0 amide bonds. The average Bonchev–Trinajstić information content (AvgIpc) is 2.37. The Kier molecular flexibility index (Phi) is 4.34. The van der Waals surface area contributed by atoms with E-state index in [4.69, 9.17) is 11.6 Å². The van der Waals surface area contributed by atoms with Gasteiger partial charge in [-0.25, -0.2) is 18.1 Å². The van der Waals surface area contributed by atoms with E-state index in [1.54, 1.807) is 0 Å². The third-order valence-corrected chi connectivity index (χ3v) is 4.31. The second-order valence-electron chi connectivity index (χ2n) is 4.73. The van der Waals surface area contributed by atoms with Crippen molar-refractivity contribution in [2.75, 3.05) is 4.72 Å². The zero-order valence-corrected chi connectivity index (χ0v) is 13.0. The van der Waals surface area contributed by atoms with E-state index in [1.807, 2.05) is 13.8 Å². The SMILES string of the molecule is CC(C)c1cc(=O)[nH]c(NS(=O)(=O)c2ccc(Cl)cc2)n1. The third-order valence-electron chi connectivity index (χ3n) is 2.71. The highest BCUT2D eigenvalue weighted by Crippen LogP contribution is 2.17. The maximum Gasteiger partial charge on any atom is 0.264 e. The van der Waals surface area contributed by atoms with E-state index >= 15 is 0 Å². The molecule has 1 aromatic carbocycles. The van der Waals surface area contributed by atoms with Crippen LogP contribution in [0.3, 0.4) is 0 Å². The predicted octanol–water partition coefficient (Wildman–Crippen LogP) is 2.35. The number of halogens is 1. The molecule has 1 heterocycles. The molecule has 21 heavy (non-hydrogen) atoms. The molecule has 0 spiro atoms. The number of aromatic nitrogens is 2. The Bertz CT molecular complexity index is 798. The minimum absolute atomic E-state index is 0.00564. The molecule has 0 aliphatic rings. The minimum Gasteiger partial charge on any atom is -0.292 e. The molecule has 0 bridgehead atoms. The van der Waals surface area contributed by atoms with Crippen LogP contribution in [0, 0.1) is 0 Å². The first-order valence-corrected chi connectivity index (χ1v) is 8.04. The van der Waals surface area contributed by atoms with Gasteiger partial charge >= 0.3 is 0 Å². The van der Waals surface area contributed by atoms with E-state index in [1.165, 1.54) is 30.3 Å². The Morgan fingerprint density at radius 1 is 1.24 bits per heavy atom. The lowest BCUT2D eigenvalue weighted by molar-refractivity contribution is 0.600. The van der Waals surface area contributed by atoms with Crippen molar-refractivity contribution in [3.63, 3.8) is 0 Å². The van der Waals surface area contributed by atoms with Gasteiger partial charge in [-0.15, -0.1) is 0 Å². The second-order valence-corrected chi connectivity index (χ2v) is 6.85. The number of aromatic amines is 1. The first kappa shape index (κ1) is 15.5. The Balaban J connectivity index is 2.37. The predicted molar refractivity (Wildman–Crippen MR) is 81.2 cm³/mol. The summed E-state index contributed by atoms with van der Waals surface area (Å²) >= 11 is 5.72. The highest BCUT2D eigenvalue weighted by molar-refractivity contribution is 7.92. The van der Waals surface area contributed by atoms with E-state index in [9.17, 15) is 13.2 Å². The number of anilines is 1. The summed E-state index contributed by atoms with van der Waals surface area (Å²) in [5.41, 5.74) is 0.0927. The molecule has 0 aliphatic carbocycles. The molecule has 0 fully saturated rings. The summed E-state index contributed by atoms with van der Waals surface area (Å²) in [6.07, 6.45) is 0. The quantitative estimate of drug-likeness (QED) is 0.901. The maximum atomic E-state index is 12.2. The summed E-state index contributed by atoms with van der Waals surface area (Å²) in [6.45, 7) is 3.72. The van der Waals surface area contributed by atoms with Crippen molar-refractivity contribution in [3.05, 3.63) is 51.4 Å². The van der Waals surface area contributed by atoms with Crippen molar-refractivity contribution in [3.8, 4) is 0 Å². The molecular weight excluding hydrogens is 314 g/mol. The van der Waals surface area contributed by atoms with Crippen molar-refractivity contribution in [2.24, 2.45) is 0 Å². The van der Waals surface area contributed by atoms with Gasteiger partial charge in [-0.1, -0.05) is 25.4 Å². The van der Waals surface area contributed by atoms with Crippen molar-refractivity contribution >= 4 is 27.6 Å². The van der Waals surface area contributed by atoms with Crippen molar-refractivity contribution in [1.82, 2.24) is 9.97 Å². The molecule has 0 aliphatic heterocycles. The van der Waals surface area contributed by atoms with Crippen molar-refractivity contribution in [1.29, 1.82) is 0 Å². The summed E-state index contributed by atoms with van der Waals surface area (Å²) in [6, 6.07) is 7.02. The molecule has 6 nitrogen and oxygen atoms in total. The Morgan fingerprint density at radius 2 is 1.86 bits per heavy atom. The largest absolute Gasteiger partial charge is 0.292 e. The van der Waals surface area contributed by atoms with Gasteiger partial charge in [0.1, 0.15) is 0 Å². The van der Waals surface area contributed by atoms with Crippen LogP contribution in [0.4, 0.5) is 5.95 Å². The molecule has 2 rings (SSSR count). The molecule has 8 heteroatoms. The zero-order valence-electron chi connectivity index (χ0n) is 11.4. The lowest BCUT2D eigenvalue weighted by Crippen LogP contribution is -2.19. The summed E-state index contributed by atoms with van der Waals surface area (Å²) in [5.74, 6) is -0.104. The van der Waals surface area contributed by atoms with Crippen LogP contribution < -0.4 is 10.3 Å². The van der Waals surface area contributed by atoms with Gasteiger partial charge in [0.2, 0.25) is 5.95 Å². The lowest BCUT2D eigenvalue weighted by Gasteiger charge is -2.09. The molecule has 1 aromatic heterocycles. The monoisotopic (exact) mass is 327 g/mol. The van der Waals surface area contributed by atoms with Crippen LogP contribution in [-0.4, -0.2) is 18.4 Å². The maximum absolute atomic E-state index is 12.2. The molecule has 0 atom stereocenters. The Morgan fingerprint density at radius 3 is 2.43 bits per heavy atom. The summed E-state index contributed by atoms with van der Waals surface area (Å²) in [4.78, 5) is 18.0. The normalized spacial score (nSPS) is 11.6. The molecule has 0 saturated carbocycles. The van der Waals surface area contributed by atoms with Crippen LogP contribution in [0.2, 0.25) is 5.02 Å². The highest BCUT2D eigenvalue weighted by Gasteiger charge is 2.16. The fraction of sp³-hybridized carbons (Fsp3) is 0.231. The van der Waals surface area contributed by atoms with Gasteiger partial charge in [0.25, 0.3) is 15.6 Å². The fourth-order valence-electron chi connectivity index (χ4n) is 1.62. The highest BCUT2D eigenvalue weighted by atomic mass is 35.5. The average molecular weight is 328 g/mol. The molecular formula is C13H14ClN3O3S. The Labute approximate surface area is 127 Å². The van der Waals surface area contributed by atoms with E-state index in [-0.39, 0.29) is 16.8 Å². The van der Waals surface area contributed by atoms with Gasteiger partial charge in [-0.2, -0.15) is 0 Å². The van der Waals surface area contributed by atoms with Crippen LogP contribution in [0.15, 0.2) is 40.0 Å². The first-order valence-electron chi connectivity index (χ1n) is 6.17. The molecule has 0 saturated heterocycles. The standard InChI is InChI=1S/C13H14ClN3O3S/c1-8(2)11-7-12(18)16-13(15-11)17-21(19,20)10-5-3-9(14)4-6-10/h3-8H,1-2H3,(H2,15,16,17,18). The first-order chi connectivity index (χ1) is 9.78. The van der Waals surface area contributed by atoms with E-state index in [0.29, 0.717) is 10.7 Å². The van der Waals surface area contributed by atoms with Crippen LogP contribution in [0.25, 0.3) is 0 Å². The van der Waals surface area contributed by atoms with Crippen LogP contribution in [0.5, 0.6) is 0 Å². The fourth-order valence-corrected chi connectivity index (χ4v) is 2.71. The number of hydrogen-bond donors (Lipinski definition) is 2. The van der Waals surface area contributed by atoms with Crippen LogP contribution in [0.1, 0.15) is 25.5 Å². The molecule has 112 valence electrons. The van der Waals surface area contributed by atoms with Gasteiger partial charge in [0, 0.05) is 11.1 Å². The van der Waals surface area contributed by atoms with Gasteiger partial charge < -0.3 is 0 Å².